The summed E-state index contributed by atoms with van der Waals surface area (Å²) in [4.78, 5) is 2.62. The van der Waals surface area contributed by atoms with Crippen molar-refractivity contribution in [3.05, 3.63) is 21.9 Å². The van der Waals surface area contributed by atoms with Crippen LogP contribution in [0.3, 0.4) is 0 Å². The molecule has 1 atom stereocenters. The molecule has 14 heavy (non-hydrogen) atoms. The molecule has 0 saturated carbocycles. The molecule has 1 aromatic rings. The zero-order valence-electron chi connectivity index (χ0n) is 8.66. The standard InChI is InChI=1S/C10H15NOS.ClH/c1-7-4-5-8(13-7)9-11-10(2,3)6-12-9;/h4-5,9,11H,6H2,1-3H3;1H. The van der Waals surface area contributed by atoms with E-state index in [4.69, 9.17) is 4.74 Å². The van der Waals surface area contributed by atoms with Crippen LogP contribution < -0.4 is 5.32 Å². The molecule has 1 aliphatic rings. The van der Waals surface area contributed by atoms with Gasteiger partial charge in [-0.2, -0.15) is 0 Å². The van der Waals surface area contributed by atoms with E-state index in [0.717, 1.165) is 6.61 Å². The van der Waals surface area contributed by atoms with E-state index < -0.39 is 0 Å². The molecule has 80 valence electrons. The second-order valence-corrected chi connectivity index (χ2v) is 5.49. The van der Waals surface area contributed by atoms with Crippen LogP contribution in [-0.2, 0) is 4.74 Å². The van der Waals surface area contributed by atoms with Crippen molar-refractivity contribution in [2.24, 2.45) is 0 Å². The Kier molecular flexibility index (Phi) is 3.58. The van der Waals surface area contributed by atoms with Crippen LogP contribution in [0.2, 0.25) is 0 Å². The smallest absolute Gasteiger partial charge is 0.144 e. The molecule has 1 unspecified atom stereocenters. The van der Waals surface area contributed by atoms with Gasteiger partial charge in [0.1, 0.15) is 6.23 Å². The molecular weight excluding hydrogens is 218 g/mol. The van der Waals surface area contributed by atoms with Gasteiger partial charge in [-0.1, -0.05) is 0 Å². The van der Waals surface area contributed by atoms with Crippen LogP contribution in [0.25, 0.3) is 0 Å². The lowest BCUT2D eigenvalue weighted by Crippen LogP contribution is -2.35. The van der Waals surface area contributed by atoms with Crippen LogP contribution in [0.5, 0.6) is 0 Å². The molecule has 2 rings (SSSR count). The van der Waals surface area contributed by atoms with Gasteiger partial charge in [-0.05, 0) is 32.9 Å². The Morgan fingerprint density at radius 2 is 2.21 bits per heavy atom. The summed E-state index contributed by atoms with van der Waals surface area (Å²) < 4.78 is 5.67. The summed E-state index contributed by atoms with van der Waals surface area (Å²) >= 11 is 1.80. The van der Waals surface area contributed by atoms with E-state index in [2.05, 4.69) is 38.2 Å². The number of ether oxygens (including phenoxy) is 1. The fourth-order valence-electron chi connectivity index (χ4n) is 1.48. The van der Waals surface area contributed by atoms with Gasteiger partial charge in [-0.25, -0.2) is 0 Å². The quantitative estimate of drug-likeness (QED) is 0.806. The molecule has 0 bridgehead atoms. The highest BCUT2D eigenvalue weighted by Crippen LogP contribution is 2.30. The maximum Gasteiger partial charge on any atom is 0.144 e. The summed E-state index contributed by atoms with van der Waals surface area (Å²) in [6, 6.07) is 4.27. The molecule has 0 radical (unpaired) electrons. The molecule has 1 N–H and O–H groups in total. The molecule has 1 aliphatic heterocycles. The fraction of sp³-hybridized carbons (Fsp3) is 0.600. The molecule has 2 nitrogen and oxygen atoms in total. The summed E-state index contributed by atoms with van der Waals surface area (Å²) in [7, 11) is 0. The molecule has 0 aromatic carbocycles. The average molecular weight is 234 g/mol. The van der Waals surface area contributed by atoms with Crippen molar-refractivity contribution >= 4 is 23.7 Å². The molecule has 2 heterocycles. The highest BCUT2D eigenvalue weighted by Gasteiger charge is 2.32. The maximum atomic E-state index is 5.67. The normalized spacial score (nSPS) is 24.6. The highest BCUT2D eigenvalue weighted by molar-refractivity contribution is 7.12. The average Bonchev–Trinajstić information content (AvgIpc) is 2.56. The first kappa shape index (κ1) is 12.0. The Balaban J connectivity index is 0.000000980. The van der Waals surface area contributed by atoms with Crippen molar-refractivity contribution < 1.29 is 4.74 Å². The Bertz CT molecular complexity index is 311. The van der Waals surface area contributed by atoms with Crippen molar-refractivity contribution in [3.63, 3.8) is 0 Å². The minimum Gasteiger partial charge on any atom is -0.356 e. The number of hydrogen-bond donors (Lipinski definition) is 1. The van der Waals surface area contributed by atoms with E-state index in [1.807, 2.05) is 0 Å². The minimum atomic E-state index is 0. The van der Waals surface area contributed by atoms with Crippen molar-refractivity contribution in [1.82, 2.24) is 5.32 Å². The lowest BCUT2D eigenvalue weighted by atomic mass is 10.1. The predicted octanol–water partition coefficient (Wildman–Crippen LogP) is 2.88. The Morgan fingerprint density at radius 1 is 1.50 bits per heavy atom. The van der Waals surface area contributed by atoms with Crippen molar-refractivity contribution in [2.75, 3.05) is 6.61 Å². The van der Waals surface area contributed by atoms with E-state index in [1.54, 1.807) is 11.3 Å². The Labute approximate surface area is 95.1 Å². The van der Waals surface area contributed by atoms with Crippen LogP contribution in [-0.4, -0.2) is 12.1 Å². The Hall–Kier alpha value is -0.0900. The monoisotopic (exact) mass is 233 g/mol. The number of thiophene rings is 1. The van der Waals surface area contributed by atoms with E-state index in [-0.39, 0.29) is 24.2 Å². The van der Waals surface area contributed by atoms with Crippen LogP contribution in [0.15, 0.2) is 12.1 Å². The molecule has 1 aromatic heterocycles. The number of rotatable bonds is 1. The second-order valence-electron chi connectivity index (χ2n) is 4.17. The van der Waals surface area contributed by atoms with Gasteiger partial charge >= 0.3 is 0 Å². The van der Waals surface area contributed by atoms with Gasteiger partial charge in [0.2, 0.25) is 0 Å². The topological polar surface area (TPSA) is 21.3 Å². The molecule has 0 aliphatic carbocycles. The summed E-state index contributed by atoms with van der Waals surface area (Å²) in [6.07, 6.45) is 0.105. The lowest BCUT2D eigenvalue weighted by Gasteiger charge is -2.16. The van der Waals surface area contributed by atoms with Gasteiger partial charge in [-0.3, -0.25) is 5.32 Å². The third kappa shape index (κ3) is 2.48. The maximum absolute atomic E-state index is 5.67. The number of halogens is 1. The first-order valence-corrected chi connectivity index (χ1v) is 5.34. The molecule has 1 saturated heterocycles. The number of hydrogen-bond acceptors (Lipinski definition) is 3. The van der Waals surface area contributed by atoms with Gasteiger partial charge in [0.25, 0.3) is 0 Å². The van der Waals surface area contributed by atoms with Gasteiger partial charge in [0.05, 0.1) is 6.61 Å². The molecule has 1 fully saturated rings. The van der Waals surface area contributed by atoms with Gasteiger partial charge < -0.3 is 4.74 Å². The first-order chi connectivity index (χ1) is 6.07. The molecule has 0 amide bonds. The van der Waals surface area contributed by atoms with Crippen LogP contribution in [0.1, 0.15) is 29.8 Å². The van der Waals surface area contributed by atoms with E-state index in [0.29, 0.717) is 0 Å². The molecular formula is C10H16ClNOS. The molecule has 0 spiro atoms. The zero-order valence-corrected chi connectivity index (χ0v) is 10.3. The van der Waals surface area contributed by atoms with Crippen LogP contribution in [0.4, 0.5) is 0 Å². The van der Waals surface area contributed by atoms with Crippen molar-refractivity contribution in [1.29, 1.82) is 0 Å². The number of aryl methyl sites for hydroxylation is 1. The zero-order chi connectivity index (χ0) is 9.47. The van der Waals surface area contributed by atoms with Crippen LogP contribution in [0, 0.1) is 6.92 Å². The summed E-state index contributed by atoms with van der Waals surface area (Å²) in [5.41, 5.74) is 0.114. The third-order valence-corrected chi connectivity index (χ3v) is 3.20. The second kappa shape index (κ2) is 4.19. The van der Waals surface area contributed by atoms with Crippen LogP contribution >= 0.6 is 23.7 Å². The first-order valence-electron chi connectivity index (χ1n) is 4.52. The highest BCUT2D eigenvalue weighted by atomic mass is 35.5. The predicted molar refractivity (Wildman–Crippen MR) is 62.2 cm³/mol. The SMILES string of the molecule is Cc1ccc(C2NC(C)(C)CO2)s1.Cl. The molecule has 4 heteroatoms. The number of nitrogens with one attached hydrogen (secondary N) is 1. The third-order valence-electron chi connectivity index (χ3n) is 2.15. The summed E-state index contributed by atoms with van der Waals surface area (Å²) in [6.45, 7) is 7.23. The van der Waals surface area contributed by atoms with Gasteiger partial charge in [-0.15, -0.1) is 23.7 Å². The largest absolute Gasteiger partial charge is 0.356 e. The summed E-state index contributed by atoms with van der Waals surface area (Å²) in [5, 5.41) is 3.45. The van der Waals surface area contributed by atoms with E-state index >= 15 is 0 Å². The summed E-state index contributed by atoms with van der Waals surface area (Å²) in [5.74, 6) is 0. The fourth-order valence-corrected chi connectivity index (χ4v) is 2.36. The van der Waals surface area contributed by atoms with E-state index in [9.17, 15) is 0 Å². The minimum absolute atomic E-state index is 0. The Morgan fingerprint density at radius 3 is 2.64 bits per heavy atom. The van der Waals surface area contributed by atoms with E-state index in [1.165, 1.54) is 9.75 Å². The van der Waals surface area contributed by atoms with Crippen molar-refractivity contribution in [2.45, 2.75) is 32.5 Å². The lowest BCUT2D eigenvalue weighted by molar-refractivity contribution is 0.102. The van der Waals surface area contributed by atoms with Crippen molar-refractivity contribution in [3.8, 4) is 0 Å². The van der Waals surface area contributed by atoms with Gasteiger partial charge in [0, 0.05) is 15.3 Å². The van der Waals surface area contributed by atoms with Gasteiger partial charge in [0.15, 0.2) is 0 Å².